The summed E-state index contributed by atoms with van der Waals surface area (Å²) in [5.74, 6) is 0. The second kappa shape index (κ2) is 4.01. The lowest BCUT2D eigenvalue weighted by Crippen LogP contribution is -2.24. The number of hydrogen-bond acceptors (Lipinski definition) is 3. The van der Waals surface area contributed by atoms with Crippen LogP contribution in [0.5, 0.6) is 0 Å². The molecule has 12 heavy (non-hydrogen) atoms. The Morgan fingerprint density at radius 1 is 1.58 bits per heavy atom. The monoisotopic (exact) mass is 185 g/mol. The maximum atomic E-state index is 5.67. The predicted octanol–water partition coefficient (Wildman–Crippen LogP) is 2.80. The molecule has 2 nitrogen and oxygen atoms in total. The second-order valence-corrected chi connectivity index (χ2v) is 3.75. The number of thiazole rings is 1. The van der Waals surface area contributed by atoms with Crippen LogP contribution in [-0.2, 0) is 10.3 Å². The summed E-state index contributed by atoms with van der Waals surface area (Å²) in [4.78, 5) is 4.27. The molecule has 0 aliphatic heterocycles. The molecule has 0 radical (unpaired) electrons. The first-order chi connectivity index (χ1) is 5.73. The minimum atomic E-state index is -0.178. The summed E-state index contributed by atoms with van der Waals surface area (Å²) in [5.41, 5.74) is -0.178. The Bertz CT molecular complexity index is 222. The average molecular weight is 185 g/mol. The molecule has 1 unspecified atom stereocenters. The molecule has 0 bridgehead atoms. The zero-order valence-corrected chi connectivity index (χ0v) is 8.65. The van der Waals surface area contributed by atoms with Gasteiger partial charge in [-0.15, -0.1) is 11.3 Å². The van der Waals surface area contributed by atoms with Crippen LogP contribution in [0.1, 0.15) is 32.2 Å². The highest BCUT2D eigenvalue weighted by molar-refractivity contribution is 7.09. The van der Waals surface area contributed by atoms with Gasteiger partial charge in [-0.05, 0) is 20.3 Å². The molecule has 0 N–H and O–H groups in total. The molecular formula is C9H15NOS. The molecule has 0 aromatic carbocycles. The van der Waals surface area contributed by atoms with Gasteiger partial charge in [0.2, 0.25) is 0 Å². The summed E-state index contributed by atoms with van der Waals surface area (Å²) in [6, 6.07) is 0. The van der Waals surface area contributed by atoms with Crippen molar-refractivity contribution in [3.63, 3.8) is 0 Å². The molecule has 1 aromatic heterocycles. The largest absolute Gasteiger partial charge is 0.368 e. The molecule has 0 aliphatic carbocycles. The first kappa shape index (κ1) is 9.68. The van der Waals surface area contributed by atoms with Crippen molar-refractivity contribution in [1.29, 1.82) is 0 Å². The smallest absolute Gasteiger partial charge is 0.124 e. The van der Waals surface area contributed by atoms with Crippen molar-refractivity contribution >= 4 is 11.3 Å². The maximum Gasteiger partial charge on any atom is 0.124 e. The van der Waals surface area contributed by atoms with Crippen molar-refractivity contribution in [1.82, 2.24) is 4.98 Å². The SMILES string of the molecule is CCOC(C)(CC)c1nccs1. The summed E-state index contributed by atoms with van der Waals surface area (Å²) in [5, 5.41) is 3.06. The van der Waals surface area contributed by atoms with Gasteiger partial charge in [-0.3, -0.25) is 0 Å². The summed E-state index contributed by atoms with van der Waals surface area (Å²) < 4.78 is 5.67. The number of rotatable bonds is 4. The zero-order chi connectivity index (χ0) is 9.03. The second-order valence-electron chi connectivity index (χ2n) is 2.85. The van der Waals surface area contributed by atoms with Crippen LogP contribution in [0.3, 0.4) is 0 Å². The van der Waals surface area contributed by atoms with E-state index in [1.165, 1.54) is 0 Å². The third-order valence-electron chi connectivity index (χ3n) is 2.02. The van der Waals surface area contributed by atoms with Crippen molar-refractivity contribution in [2.24, 2.45) is 0 Å². The van der Waals surface area contributed by atoms with Gasteiger partial charge >= 0.3 is 0 Å². The molecule has 1 heterocycles. The van der Waals surface area contributed by atoms with E-state index in [0.29, 0.717) is 0 Å². The van der Waals surface area contributed by atoms with Gasteiger partial charge < -0.3 is 4.74 Å². The molecule has 0 spiro atoms. The van der Waals surface area contributed by atoms with E-state index in [1.54, 1.807) is 11.3 Å². The van der Waals surface area contributed by atoms with E-state index in [2.05, 4.69) is 18.8 Å². The summed E-state index contributed by atoms with van der Waals surface area (Å²) in [6.45, 7) is 6.97. The Morgan fingerprint density at radius 2 is 2.33 bits per heavy atom. The normalized spacial score (nSPS) is 15.9. The highest BCUT2D eigenvalue weighted by Gasteiger charge is 2.27. The van der Waals surface area contributed by atoms with Gasteiger partial charge in [0.15, 0.2) is 0 Å². The molecule has 3 heteroatoms. The van der Waals surface area contributed by atoms with E-state index in [4.69, 9.17) is 4.74 Å². The fourth-order valence-corrected chi connectivity index (χ4v) is 1.94. The molecule has 0 aliphatic rings. The fourth-order valence-electron chi connectivity index (χ4n) is 1.12. The Kier molecular flexibility index (Phi) is 3.23. The third kappa shape index (κ3) is 1.84. The molecule has 0 saturated heterocycles. The molecule has 68 valence electrons. The number of ether oxygens (including phenoxy) is 1. The van der Waals surface area contributed by atoms with Gasteiger partial charge in [0.05, 0.1) is 0 Å². The highest BCUT2D eigenvalue weighted by Crippen LogP contribution is 2.29. The minimum absolute atomic E-state index is 0.178. The maximum absolute atomic E-state index is 5.67. The van der Waals surface area contributed by atoms with Gasteiger partial charge in [-0.2, -0.15) is 0 Å². The lowest BCUT2D eigenvalue weighted by molar-refractivity contribution is -0.0324. The van der Waals surface area contributed by atoms with Crippen molar-refractivity contribution in [3.05, 3.63) is 16.6 Å². The van der Waals surface area contributed by atoms with E-state index in [-0.39, 0.29) is 5.60 Å². The Balaban J connectivity index is 2.80. The average Bonchev–Trinajstić information content (AvgIpc) is 2.57. The zero-order valence-electron chi connectivity index (χ0n) is 7.83. The third-order valence-corrected chi connectivity index (χ3v) is 3.04. The van der Waals surface area contributed by atoms with E-state index in [1.807, 2.05) is 18.5 Å². The molecule has 1 atom stereocenters. The van der Waals surface area contributed by atoms with Gasteiger partial charge in [-0.25, -0.2) is 4.98 Å². The van der Waals surface area contributed by atoms with E-state index < -0.39 is 0 Å². The molecule has 0 saturated carbocycles. The molecule has 1 aromatic rings. The number of hydrogen-bond donors (Lipinski definition) is 0. The van der Waals surface area contributed by atoms with Gasteiger partial charge in [0.1, 0.15) is 10.6 Å². The lowest BCUT2D eigenvalue weighted by atomic mass is 10.1. The summed E-state index contributed by atoms with van der Waals surface area (Å²) >= 11 is 1.66. The van der Waals surface area contributed by atoms with Crippen LogP contribution in [0.2, 0.25) is 0 Å². The van der Waals surface area contributed by atoms with Crippen LogP contribution in [0.4, 0.5) is 0 Å². The van der Waals surface area contributed by atoms with Crippen molar-refractivity contribution in [2.45, 2.75) is 32.8 Å². The Hall–Kier alpha value is -0.410. The first-order valence-electron chi connectivity index (χ1n) is 4.27. The predicted molar refractivity (Wildman–Crippen MR) is 51.4 cm³/mol. The Morgan fingerprint density at radius 3 is 2.75 bits per heavy atom. The molecule has 0 amide bonds. The van der Waals surface area contributed by atoms with Crippen LogP contribution in [0.25, 0.3) is 0 Å². The fraction of sp³-hybridized carbons (Fsp3) is 0.667. The highest BCUT2D eigenvalue weighted by atomic mass is 32.1. The number of nitrogens with zero attached hydrogens (tertiary/aromatic N) is 1. The molecule has 1 rings (SSSR count). The van der Waals surface area contributed by atoms with Crippen LogP contribution in [0.15, 0.2) is 11.6 Å². The van der Waals surface area contributed by atoms with Crippen LogP contribution in [0, 0.1) is 0 Å². The van der Waals surface area contributed by atoms with Crippen molar-refractivity contribution in [3.8, 4) is 0 Å². The van der Waals surface area contributed by atoms with Gasteiger partial charge in [0.25, 0.3) is 0 Å². The number of aromatic nitrogens is 1. The quantitative estimate of drug-likeness (QED) is 0.719. The van der Waals surface area contributed by atoms with Gasteiger partial charge in [0, 0.05) is 18.2 Å². The summed E-state index contributed by atoms with van der Waals surface area (Å²) in [6.07, 6.45) is 2.79. The molecule has 0 fully saturated rings. The van der Waals surface area contributed by atoms with E-state index in [0.717, 1.165) is 18.0 Å². The van der Waals surface area contributed by atoms with Crippen LogP contribution in [-0.4, -0.2) is 11.6 Å². The van der Waals surface area contributed by atoms with Crippen molar-refractivity contribution in [2.75, 3.05) is 6.61 Å². The molecular weight excluding hydrogens is 170 g/mol. The summed E-state index contributed by atoms with van der Waals surface area (Å²) in [7, 11) is 0. The van der Waals surface area contributed by atoms with E-state index in [9.17, 15) is 0 Å². The topological polar surface area (TPSA) is 22.1 Å². The van der Waals surface area contributed by atoms with E-state index >= 15 is 0 Å². The standard InChI is InChI=1S/C9H15NOS/c1-4-9(3,11-5-2)8-10-6-7-12-8/h6-7H,4-5H2,1-3H3. The van der Waals surface area contributed by atoms with Crippen LogP contribution >= 0.6 is 11.3 Å². The first-order valence-corrected chi connectivity index (χ1v) is 5.15. The Labute approximate surface area is 77.6 Å². The minimum Gasteiger partial charge on any atom is -0.368 e. The lowest BCUT2D eigenvalue weighted by Gasteiger charge is -2.25. The van der Waals surface area contributed by atoms with Crippen LogP contribution < -0.4 is 0 Å². The van der Waals surface area contributed by atoms with Crippen molar-refractivity contribution < 1.29 is 4.74 Å². The van der Waals surface area contributed by atoms with Gasteiger partial charge in [-0.1, -0.05) is 6.92 Å².